The number of hydrogen-bond acceptors (Lipinski definition) is 5. The molecular weight excluding hydrogens is 663 g/mol. The van der Waals surface area contributed by atoms with Crippen LogP contribution in [0.1, 0.15) is 131 Å². The van der Waals surface area contributed by atoms with Crippen molar-refractivity contribution in [2.24, 2.45) is 0 Å². The van der Waals surface area contributed by atoms with Crippen molar-refractivity contribution in [1.82, 2.24) is 0 Å². The minimum atomic E-state index is 0.00803. The first kappa shape index (κ1) is 37.1. The molecule has 0 atom stereocenters. The first-order valence-corrected chi connectivity index (χ1v) is 21.2. The van der Waals surface area contributed by atoms with Crippen LogP contribution in [0.3, 0.4) is 0 Å². The molecule has 0 bridgehead atoms. The molecule has 5 aromatic rings. The maximum atomic E-state index is 12.0. The van der Waals surface area contributed by atoms with Gasteiger partial charge in [-0.1, -0.05) is 122 Å². The van der Waals surface area contributed by atoms with Crippen molar-refractivity contribution in [2.75, 3.05) is 11.5 Å². The molecule has 3 aromatic carbocycles. The number of benzene rings is 3. The molecule has 0 saturated heterocycles. The van der Waals surface area contributed by atoms with Crippen molar-refractivity contribution in [3.8, 4) is 25.9 Å². The number of unbranched alkanes of at least 4 members (excludes halogenated alkanes) is 9. The predicted molar refractivity (Wildman–Crippen MR) is 221 cm³/mol. The van der Waals surface area contributed by atoms with Gasteiger partial charge in [-0.05, 0) is 96.6 Å². The summed E-state index contributed by atoms with van der Waals surface area (Å²) < 4.78 is 6.06. The molecule has 0 N–H and O–H groups in total. The van der Waals surface area contributed by atoms with E-state index in [9.17, 15) is 4.79 Å². The molecule has 2 heterocycles. The van der Waals surface area contributed by atoms with E-state index in [1.54, 1.807) is 11.3 Å². The number of carbonyl (C=O) groups excluding carboxylic acids is 1. The minimum Gasteiger partial charge on any atom is -0.494 e. The summed E-state index contributed by atoms with van der Waals surface area (Å²) in [4.78, 5) is 19.3. The molecular formula is C46H55NO2S2. The number of carbonyl (C=O) groups is 1. The fourth-order valence-electron chi connectivity index (χ4n) is 7.77. The van der Waals surface area contributed by atoms with Gasteiger partial charge >= 0.3 is 0 Å². The van der Waals surface area contributed by atoms with E-state index in [1.165, 1.54) is 102 Å². The first-order valence-electron chi connectivity index (χ1n) is 19.5. The third-order valence-corrected chi connectivity index (χ3v) is 12.9. The number of nitrogens with zero attached hydrogens (tertiary/aromatic N) is 1. The Hall–Kier alpha value is -3.67. The van der Waals surface area contributed by atoms with E-state index in [0.29, 0.717) is 0 Å². The molecule has 268 valence electrons. The van der Waals surface area contributed by atoms with Crippen LogP contribution in [0.5, 0.6) is 5.75 Å². The second kappa shape index (κ2) is 18.2. The van der Waals surface area contributed by atoms with Crippen molar-refractivity contribution in [3.63, 3.8) is 0 Å². The van der Waals surface area contributed by atoms with Crippen molar-refractivity contribution in [3.05, 3.63) is 107 Å². The van der Waals surface area contributed by atoms with Crippen molar-refractivity contribution in [1.29, 1.82) is 0 Å². The highest BCUT2D eigenvalue weighted by Gasteiger charge is 2.45. The van der Waals surface area contributed by atoms with Crippen LogP contribution >= 0.6 is 22.7 Å². The van der Waals surface area contributed by atoms with Gasteiger partial charge in [-0.25, -0.2) is 0 Å². The van der Waals surface area contributed by atoms with Gasteiger partial charge in [-0.2, -0.15) is 0 Å². The number of para-hydroxylation sites is 1. The highest BCUT2D eigenvalue weighted by molar-refractivity contribution is 7.25. The Kier molecular flexibility index (Phi) is 13.2. The Morgan fingerprint density at radius 1 is 0.608 bits per heavy atom. The average Bonchev–Trinajstić information content (AvgIpc) is 3.86. The average molecular weight is 718 g/mol. The minimum absolute atomic E-state index is 0.00803. The molecule has 0 aliphatic heterocycles. The van der Waals surface area contributed by atoms with E-state index in [1.807, 2.05) is 11.3 Å². The van der Waals surface area contributed by atoms with Crippen molar-refractivity contribution < 1.29 is 9.53 Å². The van der Waals surface area contributed by atoms with Crippen LogP contribution < -0.4 is 9.64 Å². The summed E-state index contributed by atoms with van der Waals surface area (Å²) in [6.45, 7) is 7.58. The lowest BCUT2D eigenvalue weighted by Crippen LogP contribution is -2.25. The largest absolute Gasteiger partial charge is 0.494 e. The fourth-order valence-corrected chi connectivity index (χ4v) is 10.3. The molecule has 1 aliphatic rings. The fraction of sp³-hybridized carbons (Fsp3) is 0.413. The number of rotatable bonds is 21. The molecule has 0 spiro atoms. The first-order chi connectivity index (χ1) is 25.1. The number of fused-ring (bicyclic) bond motifs is 3. The Morgan fingerprint density at radius 2 is 1.16 bits per heavy atom. The van der Waals surface area contributed by atoms with Crippen molar-refractivity contribution >= 4 is 46.0 Å². The SMILES string of the molecule is CCCCCCOc1ccc(N(c2ccccc2)c2ccc(-c3cc4c(s3)-c3sc(C=O)cc3C4(CCCCCC)CCCCCC)cc2)cc1. The monoisotopic (exact) mass is 717 g/mol. The molecule has 2 aromatic heterocycles. The highest BCUT2D eigenvalue weighted by atomic mass is 32.1. The Balaban J connectivity index is 1.29. The van der Waals surface area contributed by atoms with Gasteiger partial charge in [0.1, 0.15) is 5.75 Å². The quantitative estimate of drug-likeness (QED) is 0.0559. The molecule has 51 heavy (non-hydrogen) atoms. The third-order valence-electron chi connectivity index (χ3n) is 10.5. The maximum absolute atomic E-state index is 12.0. The number of ether oxygens (including phenoxy) is 1. The van der Waals surface area contributed by atoms with Gasteiger partial charge in [0.05, 0.1) is 11.5 Å². The lowest BCUT2D eigenvalue weighted by atomic mass is 9.71. The van der Waals surface area contributed by atoms with E-state index in [0.717, 1.165) is 59.8 Å². The summed E-state index contributed by atoms with van der Waals surface area (Å²) in [5, 5.41) is 0. The zero-order chi connectivity index (χ0) is 35.5. The van der Waals surface area contributed by atoms with Gasteiger partial charge in [-0.3, -0.25) is 4.79 Å². The van der Waals surface area contributed by atoms with Crippen LogP contribution in [-0.4, -0.2) is 12.9 Å². The molecule has 0 amide bonds. The second-order valence-electron chi connectivity index (χ2n) is 14.2. The van der Waals surface area contributed by atoms with Gasteiger partial charge < -0.3 is 9.64 Å². The molecule has 6 rings (SSSR count). The standard InChI is InChI=1S/C46H55NO2S2/c1-4-7-10-16-29-46(30-17-11-8-5-2)41-32-40(34-48)50-44(41)45-42(46)33-43(51-45)35-21-23-37(24-22-35)47(36-19-14-13-15-20-36)38-25-27-39(28-26-38)49-31-18-12-9-6-3/h13-15,19-28,32-34H,4-12,16-18,29-31H2,1-3H3. The zero-order valence-electron chi connectivity index (χ0n) is 30.9. The number of anilines is 3. The zero-order valence-corrected chi connectivity index (χ0v) is 32.6. The number of hydrogen-bond donors (Lipinski definition) is 0. The van der Waals surface area contributed by atoms with Gasteiger partial charge in [0.25, 0.3) is 0 Å². The van der Waals surface area contributed by atoms with E-state index in [2.05, 4.69) is 117 Å². The topological polar surface area (TPSA) is 29.5 Å². The van der Waals surface area contributed by atoms with Crippen molar-refractivity contribution in [2.45, 2.75) is 116 Å². The van der Waals surface area contributed by atoms with E-state index >= 15 is 0 Å². The molecule has 0 radical (unpaired) electrons. The third kappa shape index (κ3) is 8.53. The van der Waals surface area contributed by atoms with Crippen LogP contribution in [-0.2, 0) is 5.41 Å². The van der Waals surface area contributed by atoms with Gasteiger partial charge in [0.15, 0.2) is 6.29 Å². The van der Waals surface area contributed by atoms with Crippen LogP contribution in [0.4, 0.5) is 17.1 Å². The van der Waals surface area contributed by atoms with Crippen LogP contribution in [0.15, 0.2) is 91.0 Å². The second-order valence-corrected chi connectivity index (χ2v) is 16.3. The van der Waals surface area contributed by atoms with E-state index < -0.39 is 0 Å². The van der Waals surface area contributed by atoms with E-state index in [-0.39, 0.29) is 5.41 Å². The Morgan fingerprint density at radius 3 is 1.76 bits per heavy atom. The summed E-state index contributed by atoms with van der Waals surface area (Å²) in [6.07, 6.45) is 18.3. The van der Waals surface area contributed by atoms with Crippen LogP contribution in [0, 0.1) is 0 Å². The summed E-state index contributed by atoms with van der Waals surface area (Å²) in [6, 6.07) is 33.0. The van der Waals surface area contributed by atoms with Gasteiger partial charge in [0.2, 0.25) is 0 Å². The lowest BCUT2D eigenvalue weighted by molar-refractivity contribution is 0.112. The molecule has 0 fully saturated rings. The van der Waals surface area contributed by atoms with Crippen LogP contribution in [0.25, 0.3) is 20.2 Å². The predicted octanol–water partition coefficient (Wildman–Crippen LogP) is 14.9. The maximum Gasteiger partial charge on any atom is 0.160 e. The summed E-state index contributed by atoms with van der Waals surface area (Å²) in [5.74, 6) is 0.922. The Labute approximate surface area is 314 Å². The Bertz CT molecular complexity index is 1790. The van der Waals surface area contributed by atoms with E-state index in [4.69, 9.17) is 4.74 Å². The lowest BCUT2D eigenvalue weighted by Gasteiger charge is -2.31. The summed E-state index contributed by atoms with van der Waals surface area (Å²) >= 11 is 3.62. The highest BCUT2D eigenvalue weighted by Crippen LogP contribution is 2.60. The smallest absolute Gasteiger partial charge is 0.160 e. The van der Waals surface area contributed by atoms with Gasteiger partial charge in [-0.15, -0.1) is 22.7 Å². The number of aldehydes is 1. The molecule has 0 saturated carbocycles. The molecule has 3 nitrogen and oxygen atoms in total. The molecule has 1 aliphatic carbocycles. The normalized spacial score (nSPS) is 12.8. The summed E-state index contributed by atoms with van der Waals surface area (Å²) in [5.41, 5.74) is 7.55. The number of thiophene rings is 2. The molecule has 0 unspecified atom stereocenters. The summed E-state index contributed by atoms with van der Waals surface area (Å²) in [7, 11) is 0. The van der Waals surface area contributed by atoms with Crippen LogP contribution in [0.2, 0.25) is 0 Å². The molecule has 5 heteroatoms. The van der Waals surface area contributed by atoms with Gasteiger partial charge in [0, 0.05) is 37.1 Å².